The molecule has 3 aliphatic heterocycles. The van der Waals surface area contributed by atoms with E-state index >= 15 is 0 Å². The number of thioether (sulfide) groups is 1. The van der Waals surface area contributed by atoms with Crippen molar-refractivity contribution in [3.63, 3.8) is 0 Å². The predicted octanol–water partition coefficient (Wildman–Crippen LogP) is 2.67. The lowest BCUT2D eigenvalue weighted by Gasteiger charge is -2.36. The van der Waals surface area contributed by atoms with Crippen LogP contribution in [0.15, 0.2) is 6.07 Å². The molecule has 1 amide bonds. The van der Waals surface area contributed by atoms with Gasteiger partial charge >= 0.3 is 0 Å². The van der Waals surface area contributed by atoms with Gasteiger partial charge < -0.3 is 10.0 Å². The van der Waals surface area contributed by atoms with Gasteiger partial charge in [-0.1, -0.05) is 0 Å². The molecule has 2 unspecified atom stereocenters. The van der Waals surface area contributed by atoms with E-state index in [1.807, 2.05) is 11.8 Å². The van der Waals surface area contributed by atoms with Gasteiger partial charge in [0.25, 0.3) is 5.91 Å². The van der Waals surface area contributed by atoms with E-state index < -0.39 is 0 Å². The Kier molecular flexibility index (Phi) is 3.32. The van der Waals surface area contributed by atoms with Crippen molar-refractivity contribution in [2.24, 2.45) is 0 Å². The Morgan fingerprint density at radius 3 is 2.75 bits per heavy atom. The van der Waals surface area contributed by atoms with E-state index in [2.05, 4.69) is 11.0 Å². The molecule has 108 valence electrons. The SMILES string of the molecule is O=C(c1cc2c(s1)CCSC2)N1C2CCC1CC(O)C2. The van der Waals surface area contributed by atoms with Crippen molar-refractivity contribution in [3.8, 4) is 0 Å². The maximum atomic E-state index is 12.8. The topological polar surface area (TPSA) is 40.5 Å². The lowest BCUT2D eigenvalue weighted by molar-refractivity contribution is 0.0290. The number of aliphatic hydroxyl groups excluding tert-OH is 1. The summed E-state index contributed by atoms with van der Waals surface area (Å²) >= 11 is 3.66. The van der Waals surface area contributed by atoms with Crippen LogP contribution in [-0.4, -0.2) is 39.9 Å². The molecule has 0 aliphatic carbocycles. The smallest absolute Gasteiger partial charge is 0.264 e. The third-order valence-electron chi connectivity index (χ3n) is 4.78. The van der Waals surface area contributed by atoms with Gasteiger partial charge in [-0.3, -0.25) is 4.79 Å². The second-order valence-corrected chi connectivity index (χ2v) is 8.33. The largest absolute Gasteiger partial charge is 0.393 e. The fourth-order valence-electron chi connectivity index (χ4n) is 3.86. The van der Waals surface area contributed by atoms with Gasteiger partial charge in [0.15, 0.2) is 0 Å². The molecule has 4 heterocycles. The summed E-state index contributed by atoms with van der Waals surface area (Å²) in [6, 6.07) is 2.66. The number of carbonyl (C=O) groups is 1. The summed E-state index contributed by atoms with van der Waals surface area (Å²) in [5.74, 6) is 2.46. The Morgan fingerprint density at radius 2 is 2.05 bits per heavy atom. The molecule has 0 aromatic carbocycles. The zero-order valence-corrected chi connectivity index (χ0v) is 13.0. The zero-order chi connectivity index (χ0) is 13.7. The second-order valence-electron chi connectivity index (χ2n) is 6.08. The fraction of sp³-hybridized carbons (Fsp3) is 0.667. The Morgan fingerprint density at radius 1 is 1.30 bits per heavy atom. The molecule has 4 rings (SSSR count). The molecule has 2 fully saturated rings. The van der Waals surface area contributed by atoms with E-state index in [0.717, 1.165) is 42.7 Å². The number of hydrogen-bond donors (Lipinski definition) is 1. The molecule has 2 bridgehead atoms. The van der Waals surface area contributed by atoms with Crippen LogP contribution >= 0.6 is 23.1 Å². The average molecular weight is 309 g/mol. The summed E-state index contributed by atoms with van der Waals surface area (Å²) in [5.41, 5.74) is 1.37. The Balaban J connectivity index is 1.60. The van der Waals surface area contributed by atoms with E-state index in [4.69, 9.17) is 0 Å². The van der Waals surface area contributed by atoms with Crippen molar-refractivity contribution in [1.82, 2.24) is 4.90 Å². The number of hydrogen-bond acceptors (Lipinski definition) is 4. The number of rotatable bonds is 1. The van der Waals surface area contributed by atoms with Crippen molar-refractivity contribution < 1.29 is 9.90 Å². The number of carbonyl (C=O) groups excluding carboxylic acids is 1. The Bertz CT molecular complexity index is 504. The first kappa shape index (κ1) is 13.2. The standard InChI is InChI=1S/C15H19NO2S2/c17-12-6-10-1-2-11(7-12)16(10)15(18)14-5-9-8-19-4-3-13(9)20-14/h5,10-12,17H,1-4,6-8H2. The molecule has 3 aliphatic rings. The lowest BCUT2D eigenvalue weighted by atomic mass is 9.99. The highest BCUT2D eigenvalue weighted by atomic mass is 32.2. The molecular formula is C15H19NO2S2. The molecular weight excluding hydrogens is 290 g/mol. The highest BCUT2D eigenvalue weighted by molar-refractivity contribution is 7.98. The average Bonchev–Trinajstić information content (AvgIpc) is 2.98. The van der Waals surface area contributed by atoms with Gasteiger partial charge in [0.05, 0.1) is 11.0 Å². The molecule has 2 atom stereocenters. The minimum atomic E-state index is -0.204. The van der Waals surface area contributed by atoms with Crippen molar-refractivity contribution >= 4 is 29.0 Å². The molecule has 2 saturated heterocycles. The Hall–Kier alpha value is -0.520. The van der Waals surface area contributed by atoms with Crippen LogP contribution in [0.3, 0.4) is 0 Å². The van der Waals surface area contributed by atoms with Crippen LogP contribution in [0.4, 0.5) is 0 Å². The number of piperidine rings is 1. The van der Waals surface area contributed by atoms with Crippen LogP contribution in [0.25, 0.3) is 0 Å². The first-order valence-electron chi connectivity index (χ1n) is 7.42. The summed E-state index contributed by atoms with van der Waals surface area (Å²) in [6.45, 7) is 0. The fourth-order valence-corrected chi connectivity index (χ4v) is 6.18. The van der Waals surface area contributed by atoms with E-state index in [0.29, 0.717) is 0 Å². The molecule has 5 heteroatoms. The minimum absolute atomic E-state index is 0.204. The third kappa shape index (κ3) is 2.11. The summed E-state index contributed by atoms with van der Waals surface area (Å²) in [7, 11) is 0. The first-order valence-corrected chi connectivity index (χ1v) is 9.39. The predicted molar refractivity (Wildman–Crippen MR) is 82.4 cm³/mol. The molecule has 3 nitrogen and oxygen atoms in total. The van der Waals surface area contributed by atoms with E-state index in [1.165, 1.54) is 16.2 Å². The highest BCUT2D eigenvalue weighted by Gasteiger charge is 2.43. The second kappa shape index (κ2) is 5.04. The van der Waals surface area contributed by atoms with Gasteiger partial charge in [-0.15, -0.1) is 11.3 Å². The van der Waals surface area contributed by atoms with Crippen LogP contribution in [0.1, 0.15) is 45.8 Å². The number of amides is 1. The maximum Gasteiger partial charge on any atom is 0.264 e. The van der Waals surface area contributed by atoms with Crippen LogP contribution in [0.2, 0.25) is 0 Å². The quantitative estimate of drug-likeness (QED) is 0.867. The summed E-state index contributed by atoms with van der Waals surface area (Å²) in [5, 5.41) is 9.85. The normalized spacial score (nSPS) is 32.2. The molecule has 1 aromatic heterocycles. The van der Waals surface area contributed by atoms with Gasteiger partial charge in [0, 0.05) is 22.7 Å². The highest BCUT2D eigenvalue weighted by Crippen LogP contribution is 2.39. The summed E-state index contributed by atoms with van der Waals surface area (Å²) in [6.07, 6.45) is 4.57. The molecule has 1 N–H and O–H groups in total. The minimum Gasteiger partial charge on any atom is -0.393 e. The van der Waals surface area contributed by atoms with Crippen LogP contribution in [0.5, 0.6) is 0 Å². The van der Waals surface area contributed by atoms with Crippen molar-refractivity contribution in [1.29, 1.82) is 0 Å². The number of thiophene rings is 1. The summed E-state index contributed by atoms with van der Waals surface area (Å²) in [4.78, 5) is 17.2. The van der Waals surface area contributed by atoms with Gasteiger partial charge in [-0.05, 0) is 49.5 Å². The molecule has 1 aromatic rings. The van der Waals surface area contributed by atoms with Crippen molar-refractivity contribution in [2.75, 3.05) is 5.75 Å². The van der Waals surface area contributed by atoms with E-state index in [9.17, 15) is 9.90 Å². The van der Waals surface area contributed by atoms with Gasteiger partial charge in [-0.2, -0.15) is 11.8 Å². The van der Waals surface area contributed by atoms with Gasteiger partial charge in [0.2, 0.25) is 0 Å². The van der Waals surface area contributed by atoms with E-state index in [1.54, 1.807) is 11.3 Å². The van der Waals surface area contributed by atoms with Crippen molar-refractivity contribution in [3.05, 3.63) is 21.4 Å². The molecule has 0 saturated carbocycles. The zero-order valence-electron chi connectivity index (χ0n) is 11.4. The number of nitrogens with zero attached hydrogens (tertiary/aromatic N) is 1. The van der Waals surface area contributed by atoms with E-state index in [-0.39, 0.29) is 24.1 Å². The van der Waals surface area contributed by atoms with Gasteiger partial charge in [-0.25, -0.2) is 0 Å². The summed E-state index contributed by atoms with van der Waals surface area (Å²) < 4.78 is 0. The van der Waals surface area contributed by atoms with Crippen LogP contribution < -0.4 is 0 Å². The number of aryl methyl sites for hydroxylation is 1. The van der Waals surface area contributed by atoms with Gasteiger partial charge in [0.1, 0.15) is 0 Å². The monoisotopic (exact) mass is 309 g/mol. The van der Waals surface area contributed by atoms with Crippen LogP contribution in [-0.2, 0) is 12.2 Å². The number of fused-ring (bicyclic) bond motifs is 3. The Labute approximate surface area is 127 Å². The maximum absolute atomic E-state index is 12.8. The first-order chi connectivity index (χ1) is 9.72. The number of aliphatic hydroxyl groups is 1. The van der Waals surface area contributed by atoms with Crippen molar-refractivity contribution in [2.45, 2.75) is 56.0 Å². The van der Waals surface area contributed by atoms with Crippen LogP contribution in [0, 0.1) is 0 Å². The molecule has 0 radical (unpaired) electrons. The molecule has 0 spiro atoms. The third-order valence-corrected chi connectivity index (χ3v) is 7.01. The lowest BCUT2D eigenvalue weighted by Crippen LogP contribution is -2.47. The molecule has 20 heavy (non-hydrogen) atoms.